The minimum absolute atomic E-state index is 0.0715. The maximum absolute atomic E-state index is 11.9. The predicted octanol–water partition coefficient (Wildman–Crippen LogP) is 1.68. The minimum atomic E-state index is -0.345. The van der Waals surface area contributed by atoms with Gasteiger partial charge in [-0.2, -0.15) is 0 Å². The van der Waals surface area contributed by atoms with Crippen LogP contribution in [0.15, 0.2) is 43.0 Å². The molecule has 0 radical (unpaired) electrons. The molecule has 1 amide bonds. The molecule has 0 saturated heterocycles. The molecule has 0 unspecified atom stereocenters. The van der Waals surface area contributed by atoms with E-state index in [1.165, 1.54) is 0 Å². The third-order valence-electron chi connectivity index (χ3n) is 2.47. The van der Waals surface area contributed by atoms with Gasteiger partial charge < -0.3 is 10.1 Å². The van der Waals surface area contributed by atoms with E-state index in [-0.39, 0.29) is 25.0 Å². The van der Waals surface area contributed by atoms with E-state index >= 15 is 0 Å². The van der Waals surface area contributed by atoms with Gasteiger partial charge in [0.05, 0.1) is 19.7 Å². The Morgan fingerprint density at radius 2 is 2.00 bits per heavy atom. The van der Waals surface area contributed by atoms with Crippen LogP contribution >= 0.6 is 0 Å². The number of ether oxygens (including phenoxy) is 1. The zero-order valence-corrected chi connectivity index (χ0v) is 11.7. The predicted molar refractivity (Wildman–Crippen MR) is 78.3 cm³/mol. The summed E-state index contributed by atoms with van der Waals surface area (Å²) in [7, 11) is 0. The molecule has 0 bridgehead atoms. The van der Waals surface area contributed by atoms with Gasteiger partial charge in [-0.25, -0.2) is 0 Å². The van der Waals surface area contributed by atoms with E-state index in [1.807, 2.05) is 18.2 Å². The quantitative estimate of drug-likeness (QED) is 0.579. The van der Waals surface area contributed by atoms with E-state index in [0.717, 1.165) is 5.69 Å². The Hall–Kier alpha value is -2.14. The molecule has 1 rings (SSSR count). The van der Waals surface area contributed by atoms with Crippen LogP contribution in [0.1, 0.15) is 6.92 Å². The highest BCUT2D eigenvalue weighted by atomic mass is 16.5. The lowest BCUT2D eigenvalue weighted by Gasteiger charge is -2.18. The topological polar surface area (TPSA) is 58.6 Å². The second-order valence-corrected chi connectivity index (χ2v) is 4.18. The molecule has 0 aromatic heterocycles. The summed E-state index contributed by atoms with van der Waals surface area (Å²) in [6, 6.07) is 9.17. The molecular weight excluding hydrogens is 256 g/mol. The lowest BCUT2D eigenvalue weighted by molar-refractivity contribution is -0.144. The Balaban J connectivity index is 2.50. The molecule has 20 heavy (non-hydrogen) atoms. The van der Waals surface area contributed by atoms with E-state index in [0.29, 0.717) is 13.2 Å². The molecule has 5 nitrogen and oxygen atoms in total. The summed E-state index contributed by atoms with van der Waals surface area (Å²) in [4.78, 5) is 25.0. The second-order valence-electron chi connectivity index (χ2n) is 4.18. The first-order valence-electron chi connectivity index (χ1n) is 6.49. The molecule has 0 atom stereocenters. The van der Waals surface area contributed by atoms with Crippen LogP contribution < -0.4 is 5.32 Å². The highest BCUT2D eigenvalue weighted by Gasteiger charge is 2.14. The van der Waals surface area contributed by atoms with Crippen molar-refractivity contribution in [2.24, 2.45) is 0 Å². The standard InChI is InChI=1S/C15H20N2O3/c1-3-10-17(12-15(19)20-4-2)11-14(18)16-13-8-6-5-7-9-13/h3,5-9H,1,4,10-12H2,2H3,(H,16,18). The molecule has 0 spiro atoms. The number of carbonyl (C=O) groups excluding carboxylic acids is 2. The van der Waals surface area contributed by atoms with Crippen molar-refractivity contribution in [3.63, 3.8) is 0 Å². The first-order chi connectivity index (χ1) is 9.65. The van der Waals surface area contributed by atoms with E-state index in [2.05, 4.69) is 11.9 Å². The smallest absolute Gasteiger partial charge is 0.320 e. The third kappa shape index (κ3) is 6.15. The molecule has 0 saturated carbocycles. The summed E-state index contributed by atoms with van der Waals surface area (Å²) < 4.78 is 4.87. The molecule has 0 fully saturated rings. The fraction of sp³-hybridized carbons (Fsp3) is 0.333. The average Bonchev–Trinajstić information content (AvgIpc) is 2.40. The number of anilines is 1. The monoisotopic (exact) mass is 276 g/mol. The van der Waals surface area contributed by atoms with Gasteiger partial charge in [-0.05, 0) is 19.1 Å². The first-order valence-corrected chi connectivity index (χ1v) is 6.49. The zero-order valence-electron chi connectivity index (χ0n) is 11.7. The van der Waals surface area contributed by atoms with Crippen LogP contribution in [-0.2, 0) is 14.3 Å². The first kappa shape index (κ1) is 15.9. The van der Waals surface area contributed by atoms with Crippen molar-refractivity contribution >= 4 is 17.6 Å². The van der Waals surface area contributed by atoms with E-state index in [9.17, 15) is 9.59 Å². The third-order valence-corrected chi connectivity index (χ3v) is 2.47. The van der Waals surface area contributed by atoms with Crippen molar-refractivity contribution < 1.29 is 14.3 Å². The van der Waals surface area contributed by atoms with Crippen LogP contribution in [-0.4, -0.2) is 43.0 Å². The molecule has 108 valence electrons. The fourth-order valence-corrected chi connectivity index (χ4v) is 1.68. The van der Waals surface area contributed by atoms with E-state index in [4.69, 9.17) is 4.74 Å². The van der Waals surface area contributed by atoms with Crippen molar-refractivity contribution in [2.45, 2.75) is 6.92 Å². The second kappa shape index (κ2) is 8.87. The Kier molecular flexibility index (Phi) is 7.06. The number of hydrogen-bond donors (Lipinski definition) is 1. The highest BCUT2D eigenvalue weighted by Crippen LogP contribution is 2.05. The number of rotatable bonds is 8. The molecule has 1 aromatic carbocycles. The van der Waals surface area contributed by atoms with Gasteiger partial charge in [0, 0.05) is 12.2 Å². The van der Waals surface area contributed by atoms with Crippen LogP contribution in [0.25, 0.3) is 0 Å². The van der Waals surface area contributed by atoms with Gasteiger partial charge in [0.15, 0.2) is 0 Å². The molecule has 0 aliphatic heterocycles. The molecular formula is C15H20N2O3. The SMILES string of the molecule is C=CCN(CC(=O)Nc1ccccc1)CC(=O)OCC. The Morgan fingerprint density at radius 1 is 1.30 bits per heavy atom. The van der Waals surface area contributed by atoms with Crippen LogP contribution in [0.5, 0.6) is 0 Å². The largest absolute Gasteiger partial charge is 0.465 e. The minimum Gasteiger partial charge on any atom is -0.465 e. The Morgan fingerprint density at radius 3 is 2.60 bits per heavy atom. The summed E-state index contributed by atoms with van der Waals surface area (Å²) in [5.74, 6) is -0.524. The highest BCUT2D eigenvalue weighted by molar-refractivity contribution is 5.92. The molecule has 5 heteroatoms. The zero-order chi connectivity index (χ0) is 14.8. The van der Waals surface area contributed by atoms with Crippen LogP contribution in [0, 0.1) is 0 Å². The van der Waals surface area contributed by atoms with Crippen LogP contribution in [0.2, 0.25) is 0 Å². The average molecular weight is 276 g/mol. The molecule has 1 aromatic rings. The normalized spacial score (nSPS) is 10.1. The number of para-hydroxylation sites is 1. The molecule has 1 N–H and O–H groups in total. The van der Waals surface area contributed by atoms with Gasteiger partial charge in [0.1, 0.15) is 0 Å². The van der Waals surface area contributed by atoms with Gasteiger partial charge in [-0.3, -0.25) is 14.5 Å². The Bertz CT molecular complexity index is 446. The molecule has 0 aliphatic carbocycles. The van der Waals surface area contributed by atoms with Crippen LogP contribution in [0.4, 0.5) is 5.69 Å². The molecule has 0 heterocycles. The van der Waals surface area contributed by atoms with Crippen LogP contribution in [0.3, 0.4) is 0 Å². The summed E-state index contributed by atoms with van der Waals surface area (Å²) in [5.41, 5.74) is 0.729. The van der Waals surface area contributed by atoms with Gasteiger partial charge in [0.2, 0.25) is 5.91 Å². The number of nitrogens with one attached hydrogen (secondary N) is 1. The number of esters is 1. The van der Waals surface area contributed by atoms with Gasteiger partial charge in [0.25, 0.3) is 0 Å². The number of carbonyl (C=O) groups is 2. The number of benzene rings is 1. The number of hydrogen-bond acceptors (Lipinski definition) is 4. The maximum Gasteiger partial charge on any atom is 0.320 e. The van der Waals surface area contributed by atoms with Gasteiger partial charge in [-0.1, -0.05) is 24.3 Å². The van der Waals surface area contributed by atoms with Crippen molar-refractivity contribution in [3.05, 3.63) is 43.0 Å². The summed E-state index contributed by atoms with van der Waals surface area (Å²) in [6.07, 6.45) is 1.65. The number of amides is 1. The lowest BCUT2D eigenvalue weighted by atomic mass is 10.3. The van der Waals surface area contributed by atoms with Gasteiger partial charge in [-0.15, -0.1) is 6.58 Å². The van der Waals surface area contributed by atoms with Crippen molar-refractivity contribution in [1.82, 2.24) is 4.90 Å². The van der Waals surface area contributed by atoms with Gasteiger partial charge >= 0.3 is 5.97 Å². The summed E-state index contributed by atoms with van der Waals surface area (Å²) >= 11 is 0. The lowest BCUT2D eigenvalue weighted by Crippen LogP contribution is -2.37. The summed E-state index contributed by atoms with van der Waals surface area (Å²) in [5, 5.41) is 2.77. The van der Waals surface area contributed by atoms with E-state index < -0.39 is 0 Å². The summed E-state index contributed by atoms with van der Waals surface area (Å²) in [6.45, 7) is 6.33. The van der Waals surface area contributed by atoms with E-state index in [1.54, 1.807) is 30.0 Å². The van der Waals surface area contributed by atoms with Crippen molar-refractivity contribution in [1.29, 1.82) is 0 Å². The molecule has 0 aliphatic rings. The number of nitrogens with zero attached hydrogens (tertiary/aromatic N) is 1. The van der Waals surface area contributed by atoms with Crippen molar-refractivity contribution in [3.8, 4) is 0 Å². The Labute approximate surface area is 119 Å². The fourth-order valence-electron chi connectivity index (χ4n) is 1.68. The maximum atomic E-state index is 11.9. The van der Waals surface area contributed by atoms with Crippen molar-refractivity contribution in [2.75, 3.05) is 31.6 Å².